The molecule has 166 valence electrons. The van der Waals surface area contributed by atoms with Crippen molar-refractivity contribution in [2.45, 2.75) is 53.1 Å². The number of aromatic nitrogens is 1. The van der Waals surface area contributed by atoms with E-state index >= 15 is 0 Å². The van der Waals surface area contributed by atoms with Crippen LogP contribution >= 0.6 is 0 Å². The van der Waals surface area contributed by atoms with Gasteiger partial charge in [0.2, 0.25) is 0 Å². The number of Topliss-reactive ketones (excluding diaryl/α,β-unsaturated/α-hetero) is 1. The first kappa shape index (κ1) is 22.7. The van der Waals surface area contributed by atoms with Crippen LogP contribution in [0.1, 0.15) is 54.5 Å². The zero-order chi connectivity index (χ0) is 23.1. The molecule has 1 atom stereocenters. The summed E-state index contributed by atoms with van der Waals surface area (Å²) in [5.41, 5.74) is 0.0529. The average molecular weight is 431 g/mol. The molecule has 1 aromatic heterocycles. The Balaban J connectivity index is 1.84. The molecule has 8 heteroatoms. The molecule has 1 N–H and O–H groups in total. The average Bonchev–Trinajstić information content (AvgIpc) is 3.09. The van der Waals surface area contributed by atoms with Crippen LogP contribution in [0.25, 0.3) is 0 Å². The van der Waals surface area contributed by atoms with E-state index in [1.807, 2.05) is 18.4 Å². The number of rotatable bonds is 7. The number of benzene rings is 1. The Hall–Kier alpha value is -3.03. The van der Waals surface area contributed by atoms with Gasteiger partial charge in [-0.2, -0.15) is 0 Å². The number of ketones is 1. The molecule has 1 aliphatic heterocycles. The van der Waals surface area contributed by atoms with Crippen LogP contribution in [0.2, 0.25) is 0 Å². The lowest BCUT2D eigenvalue weighted by Gasteiger charge is -2.22. The molecule has 2 heterocycles. The van der Waals surface area contributed by atoms with Crippen molar-refractivity contribution in [2.75, 3.05) is 6.54 Å². The summed E-state index contributed by atoms with van der Waals surface area (Å²) < 4.78 is 30.0. The van der Waals surface area contributed by atoms with Gasteiger partial charge in [0.05, 0.1) is 6.54 Å². The van der Waals surface area contributed by atoms with Crippen LogP contribution < -0.4 is 5.32 Å². The maximum absolute atomic E-state index is 14.3. The number of halogens is 2. The second kappa shape index (κ2) is 8.24. The van der Waals surface area contributed by atoms with Gasteiger partial charge in [0, 0.05) is 29.1 Å². The lowest BCUT2D eigenvalue weighted by molar-refractivity contribution is -0.130. The number of aryl methyl sites for hydroxylation is 1. The predicted molar refractivity (Wildman–Crippen MR) is 112 cm³/mol. The molecule has 0 radical (unpaired) electrons. The highest BCUT2D eigenvalue weighted by Gasteiger charge is 2.51. The van der Waals surface area contributed by atoms with Gasteiger partial charge < -0.3 is 9.88 Å². The summed E-state index contributed by atoms with van der Waals surface area (Å²) in [7, 11) is 0. The first-order chi connectivity index (χ1) is 14.5. The van der Waals surface area contributed by atoms with E-state index in [9.17, 15) is 23.2 Å². The third kappa shape index (κ3) is 4.11. The number of hydrogen-bond donors (Lipinski definition) is 1. The van der Waals surface area contributed by atoms with Crippen molar-refractivity contribution in [1.29, 1.82) is 0 Å². The van der Waals surface area contributed by atoms with Crippen LogP contribution in [0.3, 0.4) is 0 Å². The minimum atomic E-state index is -1.79. The summed E-state index contributed by atoms with van der Waals surface area (Å²) in [4.78, 5) is 39.2. The Labute approximate surface area is 180 Å². The second-order valence-electron chi connectivity index (χ2n) is 8.61. The van der Waals surface area contributed by atoms with Crippen LogP contribution in [0.5, 0.6) is 0 Å². The zero-order valence-corrected chi connectivity index (χ0v) is 18.4. The molecule has 1 fully saturated rings. The molecule has 0 spiro atoms. The number of carbonyl (C=O) groups excluding carboxylic acids is 3. The summed E-state index contributed by atoms with van der Waals surface area (Å²) in [6.45, 7) is 9.56. The smallest absolute Gasteiger partial charge is 0.325 e. The van der Waals surface area contributed by atoms with E-state index in [4.69, 9.17) is 0 Å². The van der Waals surface area contributed by atoms with Crippen molar-refractivity contribution < 1.29 is 23.2 Å². The Kier molecular flexibility index (Phi) is 6.02. The van der Waals surface area contributed by atoms with Crippen molar-refractivity contribution >= 4 is 17.7 Å². The van der Waals surface area contributed by atoms with Gasteiger partial charge in [-0.1, -0.05) is 13.8 Å². The quantitative estimate of drug-likeness (QED) is 0.530. The molecule has 1 saturated heterocycles. The molecular weight excluding hydrogens is 404 g/mol. The van der Waals surface area contributed by atoms with Crippen LogP contribution in [0.4, 0.5) is 13.6 Å². The summed E-state index contributed by atoms with van der Waals surface area (Å²) in [6, 6.07) is 3.64. The third-order valence-corrected chi connectivity index (χ3v) is 5.85. The fraction of sp³-hybridized carbons (Fsp3) is 0.435. The summed E-state index contributed by atoms with van der Waals surface area (Å²) in [6.07, 6.45) is 0.953. The van der Waals surface area contributed by atoms with Crippen molar-refractivity contribution in [3.63, 3.8) is 0 Å². The SMILES string of the molecule is Cc1cc(C(=O)CN2C(=O)NC(C)(c3cc(F)ccc3F)C2=O)c(C)n1CCC(C)C. The van der Waals surface area contributed by atoms with Crippen LogP contribution in [0.15, 0.2) is 24.3 Å². The molecule has 1 unspecified atom stereocenters. The first-order valence-corrected chi connectivity index (χ1v) is 10.2. The Morgan fingerprint density at radius 2 is 1.84 bits per heavy atom. The normalized spacial score (nSPS) is 18.8. The summed E-state index contributed by atoms with van der Waals surface area (Å²) in [5, 5.41) is 2.41. The largest absolute Gasteiger partial charge is 0.348 e. The van der Waals surface area contributed by atoms with Crippen molar-refractivity contribution in [3.8, 4) is 0 Å². The topological polar surface area (TPSA) is 71.4 Å². The molecule has 6 nitrogen and oxygen atoms in total. The van der Waals surface area contributed by atoms with E-state index in [2.05, 4.69) is 19.2 Å². The van der Waals surface area contributed by atoms with Gasteiger partial charge in [-0.15, -0.1) is 0 Å². The Morgan fingerprint density at radius 1 is 1.16 bits per heavy atom. The Morgan fingerprint density at radius 3 is 2.48 bits per heavy atom. The fourth-order valence-corrected chi connectivity index (χ4v) is 3.95. The lowest BCUT2D eigenvalue weighted by Crippen LogP contribution is -2.42. The number of carbonyl (C=O) groups is 3. The van der Waals surface area contributed by atoms with Gasteiger partial charge in [0.25, 0.3) is 5.91 Å². The first-order valence-electron chi connectivity index (χ1n) is 10.2. The van der Waals surface area contributed by atoms with E-state index in [0.29, 0.717) is 11.5 Å². The van der Waals surface area contributed by atoms with Gasteiger partial charge in [0.15, 0.2) is 5.78 Å². The van der Waals surface area contributed by atoms with Crippen molar-refractivity contribution in [2.24, 2.45) is 5.92 Å². The monoisotopic (exact) mass is 431 g/mol. The van der Waals surface area contributed by atoms with Gasteiger partial charge in [-0.25, -0.2) is 13.6 Å². The van der Waals surface area contributed by atoms with E-state index in [-0.39, 0.29) is 5.56 Å². The van der Waals surface area contributed by atoms with E-state index in [1.54, 1.807) is 6.07 Å². The molecule has 2 aromatic rings. The maximum Gasteiger partial charge on any atom is 0.325 e. The van der Waals surface area contributed by atoms with Crippen LogP contribution in [-0.2, 0) is 16.9 Å². The number of imide groups is 1. The van der Waals surface area contributed by atoms with E-state index in [1.165, 1.54) is 6.92 Å². The molecule has 1 aliphatic rings. The van der Waals surface area contributed by atoms with Crippen molar-refractivity contribution in [1.82, 2.24) is 14.8 Å². The van der Waals surface area contributed by atoms with Crippen molar-refractivity contribution in [3.05, 3.63) is 58.4 Å². The highest BCUT2D eigenvalue weighted by molar-refractivity contribution is 6.11. The number of nitrogens with zero attached hydrogens (tertiary/aromatic N) is 2. The minimum absolute atomic E-state index is 0.285. The predicted octanol–water partition coefficient (Wildman–Crippen LogP) is 4.08. The maximum atomic E-state index is 14.3. The molecule has 0 saturated carbocycles. The van der Waals surface area contributed by atoms with Crippen LogP contribution in [0, 0.1) is 31.4 Å². The highest BCUT2D eigenvalue weighted by Crippen LogP contribution is 2.31. The molecule has 3 rings (SSSR count). The lowest BCUT2D eigenvalue weighted by atomic mass is 9.91. The van der Waals surface area contributed by atoms with Gasteiger partial charge in [-0.3, -0.25) is 14.5 Å². The fourth-order valence-electron chi connectivity index (χ4n) is 3.95. The number of hydrogen-bond acceptors (Lipinski definition) is 3. The summed E-state index contributed by atoms with van der Waals surface area (Å²) >= 11 is 0. The molecule has 31 heavy (non-hydrogen) atoms. The van der Waals surface area contributed by atoms with Gasteiger partial charge in [0.1, 0.15) is 17.2 Å². The highest BCUT2D eigenvalue weighted by atomic mass is 19.1. The zero-order valence-electron chi connectivity index (χ0n) is 18.4. The standard InChI is InChI=1S/C23H27F2N3O3/c1-13(2)8-9-27-14(3)10-17(15(27)4)20(29)12-28-21(30)23(5,26-22(28)31)18-11-16(24)6-7-19(18)25/h6-7,10-11,13H,8-9,12H2,1-5H3,(H,26,31). The van der Waals surface area contributed by atoms with E-state index in [0.717, 1.165) is 47.5 Å². The number of amides is 3. The molecule has 3 amide bonds. The molecule has 1 aromatic carbocycles. The molecular formula is C23H27F2N3O3. The van der Waals surface area contributed by atoms with Gasteiger partial charge >= 0.3 is 6.03 Å². The number of urea groups is 1. The van der Waals surface area contributed by atoms with Gasteiger partial charge in [-0.05, 0) is 57.4 Å². The molecule has 0 aliphatic carbocycles. The molecule has 0 bridgehead atoms. The van der Waals surface area contributed by atoms with Crippen LogP contribution in [-0.4, -0.2) is 33.7 Å². The minimum Gasteiger partial charge on any atom is -0.348 e. The third-order valence-electron chi connectivity index (χ3n) is 5.85. The second-order valence-corrected chi connectivity index (χ2v) is 8.61. The summed E-state index contributed by atoms with van der Waals surface area (Å²) in [5.74, 6) is -2.24. The van der Waals surface area contributed by atoms with E-state index < -0.39 is 41.4 Å². The Bertz CT molecular complexity index is 1060. The number of nitrogens with one attached hydrogen (secondary N) is 1.